The van der Waals surface area contributed by atoms with E-state index in [1.54, 1.807) is 6.07 Å². The first-order valence-corrected chi connectivity index (χ1v) is 7.93. The third-order valence-electron chi connectivity index (χ3n) is 3.35. The Hall–Kier alpha value is -2.51. The van der Waals surface area contributed by atoms with Crippen LogP contribution in [-0.4, -0.2) is 25.0 Å². The van der Waals surface area contributed by atoms with Crippen LogP contribution >= 0.6 is 23.2 Å². The van der Waals surface area contributed by atoms with Crippen LogP contribution in [0.4, 0.5) is 21.5 Å². The quantitative estimate of drug-likeness (QED) is 0.754. The highest BCUT2D eigenvalue weighted by Crippen LogP contribution is 2.36. The zero-order valence-corrected chi connectivity index (χ0v) is 14.2. The Kier molecular flexibility index (Phi) is 4.96. The number of hydrogen-bond acceptors (Lipinski definition) is 4. The number of carbonyl (C=O) groups is 2. The molecule has 0 aromatic heterocycles. The van der Waals surface area contributed by atoms with Gasteiger partial charge in [0.15, 0.2) is 6.61 Å². The fourth-order valence-corrected chi connectivity index (χ4v) is 2.64. The Bertz CT molecular complexity index is 861. The van der Waals surface area contributed by atoms with Gasteiger partial charge in [-0.1, -0.05) is 23.2 Å². The minimum absolute atomic E-state index is 0.0857. The van der Waals surface area contributed by atoms with Crippen molar-refractivity contribution in [2.45, 2.75) is 0 Å². The molecule has 1 aliphatic rings. The normalized spacial score (nSPS) is 12.7. The van der Waals surface area contributed by atoms with Gasteiger partial charge in [0.05, 0.1) is 33.7 Å². The number of rotatable bonds is 4. The monoisotopic (exact) mass is 383 g/mol. The molecule has 0 unspecified atom stereocenters. The number of halogens is 3. The maximum atomic E-state index is 13.0. The van der Waals surface area contributed by atoms with Crippen LogP contribution < -0.4 is 20.7 Å². The van der Waals surface area contributed by atoms with Crippen molar-refractivity contribution in [1.82, 2.24) is 0 Å². The van der Waals surface area contributed by atoms with E-state index in [1.807, 2.05) is 0 Å². The Morgan fingerprint density at radius 2 is 1.96 bits per heavy atom. The molecule has 6 nitrogen and oxygen atoms in total. The number of ether oxygens (including phenoxy) is 1. The van der Waals surface area contributed by atoms with Gasteiger partial charge in [-0.15, -0.1) is 0 Å². The molecule has 1 aliphatic heterocycles. The lowest BCUT2D eigenvalue weighted by Crippen LogP contribution is -2.26. The van der Waals surface area contributed by atoms with E-state index in [2.05, 4.69) is 16.0 Å². The summed E-state index contributed by atoms with van der Waals surface area (Å²) in [5, 5.41) is 8.49. The van der Waals surface area contributed by atoms with Crippen LogP contribution in [0.5, 0.6) is 5.75 Å². The molecule has 0 bridgehead atoms. The van der Waals surface area contributed by atoms with Crippen LogP contribution in [0.15, 0.2) is 30.3 Å². The van der Waals surface area contributed by atoms with E-state index >= 15 is 0 Å². The smallest absolute Gasteiger partial charge is 0.262 e. The Morgan fingerprint density at radius 3 is 2.72 bits per heavy atom. The first-order chi connectivity index (χ1) is 11.9. The highest BCUT2D eigenvalue weighted by Gasteiger charge is 2.18. The summed E-state index contributed by atoms with van der Waals surface area (Å²) in [4.78, 5) is 23.3. The second-order valence-corrected chi connectivity index (χ2v) is 6.01. The number of nitrogens with one attached hydrogen (secondary N) is 3. The van der Waals surface area contributed by atoms with Crippen molar-refractivity contribution in [1.29, 1.82) is 0 Å². The number of anilines is 3. The zero-order valence-electron chi connectivity index (χ0n) is 12.7. The topological polar surface area (TPSA) is 79.5 Å². The highest BCUT2D eigenvalue weighted by atomic mass is 35.5. The van der Waals surface area contributed by atoms with Gasteiger partial charge in [-0.2, -0.15) is 0 Å². The lowest BCUT2D eigenvalue weighted by Gasteiger charge is -2.20. The second kappa shape index (κ2) is 7.16. The van der Waals surface area contributed by atoms with Crippen LogP contribution in [-0.2, 0) is 9.59 Å². The van der Waals surface area contributed by atoms with E-state index in [9.17, 15) is 14.0 Å². The molecule has 2 aromatic rings. The van der Waals surface area contributed by atoms with Crippen LogP contribution in [0.25, 0.3) is 0 Å². The summed E-state index contributed by atoms with van der Waals surface area (Å²) in [6.45, 7) is -0.184. The van der Waals surface area contributed by atoms with Gasteiger partial charge in [0.1, 0.15) is 11.6 Å². The summed E-state index contributed by atoms with van der Waals surface area (Å²) in [6, 6.07) is 6.80. The molecular weight excluding hydrogens is 372 g/mol. The minimum atomic E-state index is -0.492. The molecular formula is C16H12Cl2FN3O3. The molecule has 0 spiro atoms. The van der Waals surface area contributed by atoms with Gasteiger partial charge in [0.25, 0.3) is 5.91 Å². The predicted octanol–water partition coefficient (Wildman–Crippen LogP) is 3.51. The summed E-state index contributed by atoms with van der Waals surface area (Å²) in [7, 11) is 0. The Morgan fingerprint density at radius 1 is 1.20 bits per heavy atom. The standard InChI is InChI=1S/C16H12Cl2FN3O3/c17-9-3-8(19)1-2-11(9)21-15(23)6-20-12-5-14-13(4-10(12)18)22-16(24)7-25-14/h1-5,20H,6-7H2,(H,21,23)(H,22,24). The van der Waals surface area contributed by atoms with Crippen LogP contribution in [0.2, 0.25) is 10.0 Å². The molecule has 130 valence electrons. The Balaban J connectivity index is 1.65. The number of benzene rings is 2. The summed E-state index contributed by atoms with van der Waals surface area (Å²) in [5.41, 5.74) is 1.24. The number of hydrogen-bond donors (Lipinski definition) is 3. The largest absolute Gasteiger partial charge is 0.482 e. The second-order valence-electron chi connectivity index (χ2n) is 5.19. The van der Waals surface area contributed by atoms with Gasteiger partial charge in [-0.25, -0.2) is 4.39 Å². The van der Waals surface area contributed by atoms with E-state index in [0.29, 0.717) is 27.8 Å². The van der Waals surface area contributed by atoms with Gasteiger partial charge in [-0.05, 0) is 24.3 Å². The molecule has 25 heavy (non-hydrogen) atoms. The van der Waals surface area contributed by atoms with Crippen molar-refractivity contribution in [2.75, 3.05) is 29.1 Å². The van der Waals surface area contributed by atoms with Gasteiger partial charge >= 0.3 is 0 Å². The van der Waals surface area contributed by atoms with Crippen molar-refractivity contribution in [3.63, 3.8) is 0 Å². The minimum Gasteiger partial charge on any atom is -0.482 e. The Labute approximate surface area is 152 Å². The molecule has 0 saturated heterocycles. The summed E-state index contributed by atoms with van der Waals surface area (Å²) in [6.07, 6.45) is 0. The highest BCUT2D eigenvalue weighted by molar-refractivity contribution is 6.34. The molecule has 9 heteroatoms. The van der Waals surface area contributed by atoms with Crippen molar-refractivity contribution in [3.05, 3.63) is 46.2 Å². The van der Waals surface area contributed by atoms with Crippen molar-refractivity contribution in [2.24, 2.45) is 0 Å². The third-order valence-corrected chi connectivity index (χ3v) is 3.97. The van der Waals surface area contributed by atoms with E-state index in [1.165, 1.54) is 18.2 Å². The van der Waals surface area contributed by atoms with Crippen molar-refractivity contribution < 1.29 is 18.7 Å². The van der Waals surface area contributed by atoms with E-state index in [-0.39, 0.29) is 24.1 Å². The predicted molar refractivity (Wildman–Crippen MR) is 94.1 cm³/mol. The van der Waals surface area contributed by atoms with Crippen molar-refractivity contribution in [3.8, 4) is 5.75 Å². The van der Waals surface area contributed by atoms with Gasteiger partial charge in [-0.3, -0.25) is 9.59 Å². The molecule has 2 amide bonds. The van der Waals surface area contributed by atoms with Crippen LogP contribution in [0, 0.1) is 5.82 Å². The average molecular weight is 384 g/mol. The summed E-state index contributed by atoms with van der Waals surface area (Å²) < 4.78 is 18.3. The molecule has 0 saturated carbocycles. The van der Waals surface area contributed by atoms with E-state index in [0.717, 1.165) is 6.07 Å². The van der Waals surface area contributed by atoms with Crippen LogP contribution in [0.1, 0.15) is 0 Å². The molecule has 2 aromatic carbocycles. The molecule has 1 heterocycles. The molecule has 0 aliphatic carbocycles. The number of fused-ring (bicyclic) bond motifs is 1. The lowest BCUT2D eigenvalue weighted by atomic mass is 10.2. The first kappa shape index (κ1) is 17.3. The third kappa shape index (κ3) is 4.12. The number of carbonyl (C=O) groups excluding carboxylic acids is 2. The van der Waals surface area contributed by atoms with Gasteiger partial charge < -0.3 is 20.7 Å². The van der Waals surface area contributed by atoms with Gasteiger partial charge in [0, 0.05) is 6.07 Å². The van der Waals surface area contributed by atoms with E-state index in [4.69, 9.17) is 27.9 Å². The van der Waals surface area contributed by atoms with Crippen molar-refractivity contribution >= 4 is 52.1 Å². The average Bonchev–Trinajstić information content (AvgIpc) is 2.55. The lowest BCUT2D eigenvalue weighted by molar-refractivity contribution is -0.118. The fourth-order valence-electron chi connectivity index (χ4n) is 2.20. The zero-order chi connectivity index (χ0) is 18.0. The maximum Gasteiger partial charge on any atom is 0.262 e. The molecule has 3 N–H and O–H groups in total. The summed E-state index contributed by atoms with van der Waals surface area (Å²) >= 11 is 12.0. The number of amides is 2. The summed E-state index contributed by atoms with van der Waals surface area (Å²) in [5.74, 6) is -0.695. The van der Waals surface area contributed by atoms with Gasteiger partial charge in [0.2, 0.25) is 5.91 Å². The first-order valence-electron chi connectivity index (χ1n) is 7.17. The SMILES string of the molecule is O=C(CNc1cc2c(cc1Cl)NC(=O)CO2)Nc1ccc(F)cc1Cl. The fraction of sp³-hybridized carbons (Fsp3) is 0.125. The van der Waals surface area contributed by atoms with Crippen LogP contribution in [0.3, 0.4) is 0 Å². The molecule has 0 fully saturated rings. The van der Waals surface area contributed by atoms with E-state index < -0.39 is 11.7 Å². The molecule has 0 radical (unpaired) electrons. The molecule has 0 atom stereocenters. The maximum absolute atomic E-state index is 13.0. The molecule has 3 rings (SSSR count).